The normalized spacial score (nSPS) is 14.4. The van der Waals surface area contributed by atoms with Crippen LogP contribution in [0.4, 0.5) is 0 Å². The van der Waals surface area contributed by atoms with Gasteiger partial charge in [-0.2, -0.15) is 0 Å². The molecule has 0 radical (unpaired) electrons. The lowest BCUT2D eigenvalue weighted by atomic mass is 9.94. The summed E-state index contributed by atoms with van der Waals surface area (Å²) in [6, 6.07) is 8.90. The third-order valence-corrected chi connectivity index (χ3v) is 3.27. The SMILES string of the molecule is CCCC(OCC)C(NCC)c1ccccc1C. The zero-order valence-electron chi connectivity index (χ0n) is 12.2. The fourth-order valence-corrected chi connectivity index (χ4v) is 2.44. The van der Waals surface area contributed by atoms with Crippen molar-refractivity contribution >= 4 is 0 Å². The van der Waals surface area contributed by atoms with Gasteiger partial charge in [0.1, 0.15) is 0 Å². The molecular weight excluding hydrogens is 222 g/mol. The summed E-state index contributed by atoms with van der Waals surface area (Å²) in [5, 5.41) is 3.58. The Bertz CT molecular complexity index is 332. The van der Waals surface area contributed by atoms with Crippen LogP contribution < -0.4 is 5.32 Å². The summed E-state index contributed by atoms with van der Waals surface area (Å²) >= 11 is 0. The van der Waals surface area contributed by atoms with Gasteiger partial charge in [-0.15, -0.1) is 0 Å². The summed E-state index contributed by atoms with van der Waals surface area (Å²) in [6.45, 7) is 10.4. The van der Waals surface area contributed by atoms with Crippen LogP contribution in [0.15, 0.2) is 24.3 Å². The Labute approximate surface area is 112 Å². The van der Waals surface area contributed by atoms with Crippen molar-refractivity contribution in [3.05, 3.63) is 35.4 Å². The summed E-state index contributed by atoms with van der Waals surface area (Å²) in [4.78, 5) is 0. The predicted molar refractivity (Wildman–Crippen MR) is 77.9 cm³/mol. The van der Waals surface area contributed by atoms with Crippen LogP contribution >= 0.6 is 0 Å². The molecule has 2 heteroatoms. The van der Waals surface area contributed by atoms with Crippen molar-refractivity contribution in [1.82, 2.24) is 5.32 Å². The maximum atomic E-state index is 5.94. The highest BCUT2D eigenvalue weighted by Crippen LogP contribution is 2.25. The Morgan fingerprint density at radius 1 is 1.17 bits per heavy atom. The molecule has 2 unspecified atom stereocenters. The lowest BCUT2D eigenvalue weighted by Crippen LogP contribution is -2.34. The minimum absolute atomic E-state index is 0.265. The van der Waals surface area contributed by atoms with Crippen LogP contribution in [-0.2, 0) is 4.74 Å². The van der Waals surface area contributed by atoms with Crippen LogP contribution in [0, 0.1) is 6.92 Å². The van der Waals surface area contributed by atoms with Gasteiger partial charge < -0.3 is 10.1 Å². The summed E-state index contributed by atoms with van der Waals surface area (Å²) in [5.41, 5.74) is 2.70. The Morgan fingerprint density at radius 2 is 1.89 bits per heavy atom. The van der Waals surface area contributed by atoms with Crippen LogP contribution in [0.5, 0.6) is 0 Å². The van der Waals surface area contributed by atoms with Crippen molar-refractivity contribution < 1.29 is 4.74 Å². The molecule has 0 aliphatic heterocycles. The number of ether oxygens (including phenoxy) is 1. The van der Waals surface area contributed by atoms with Crippen LogP contribution in [-0.4, -0.2) is 19.3 Å². The average molecular weight is 249 g/mol. The number of hydrogen-bond acceptors (Lipinski definition) is 2. The highest BCUT2D eigenvalue weighted by atomic mass is 16.5. The van der Waals surface area contributed by atoms with Crippen molar-refractivity contribution in [3.63, 3.8) is 0 Å². The standard InChI is InChI=1S/C16H27NO/c1-5-10-15(18-7-3)16(17-6-2)14-12-9-8-11-13(14)4/h8-9,11-12,15-17H,5-7,10H2,1-4H3. The monoisotopic (exact) mass is 249 g/mol. The number of nitrogens with one attached hydrogen (secondary N) is 1. The van der Waals surface area contributed by atoms with E-state index >= 15 is 0 Å². The molecule has 0 aliphatic rings. The molecule has 1 rings (SSSR count). The Kier molecular flexibility index (Phi) is 6.99. The first-order valence-electron chi connectivity index (χ1n) is 7.15. The molecule has 2 nitrogen and oxygen atoms in total. The van der Waals surface area contributed by atoms with Gasteiger partial charge in [0.2, 0.25) is 0 Å². The smallest absolute Gasteiger partial charge is 0.0769 e. The van der Waals surface area contributed by atoms with Crippen LogP contribution in [0.1, 0.15) is 50.8 Å². The summed E-state index contributed by atoms with van der Waals surface area (Å²) < 4.78 is 5.94. The molecule has 0 fully saturated rings. The molecule has 0 saturated carbocycles. The fourth-order valence-electron chi connectivity index (χ4n) is 2.44. The number of benzene rings is 1. The van der Waals surface area contributed by atoms with Gasteiger partial charge >= 0.3 is 0 Å². The van der Waals surface area contributed by atoms with Crippen molar-refractivity contribution in [2.75, 3.05) is 13.2 Å². The Morgan fingerprint density at radius 3 is 2.44 bits per heavy atom. The van der Waals surface area contributed by atoms with Crippen LogP contribution in [0.3, 0.4) is 0 Å². The number of aryl methyl sites for hydroxylation is 1. The largest absolute Gasteiger partial charge is 0.377 e. The van der Waals surface area contributed by atoms with E-state index in [2.05, 4.69) is 57.3 Å². The third-order valence-electron chi connectivity index (χ3n) is 3.27. The molecule has 0 saturated heterocycles. The van der Waals surface area contributed by atoms with E-state index in [1.165, 1.54) is 11.1 Å². The molecule has 0 bridgehead atoms. The van der Waals surface area contributed by atoms with E-state index in [1.807, 2.05) is 0 Å². The highest BCUT2D eigenvalue weighted by molar-refractivity contribution is 5.29. The average Bonchev–Trinajstić information content (AvgIpc) is 2.37. The molecule has 102 valence electrons. The second kappa shape index (κ2) is 8.28. The molecule has 1 aromatic carbocycles. The molecule has 1 N–H and O–H groups in total. The lowest BCUT2D eigenvalue weighted by molar-refractivity contribution is 0.0278. The highest BCUT2D eigenvalue weighted by Gasteiger charge is 2.23. The van der Waals surface area contributed by atoms with Crippen molar-refractivity contribution in [1.29, 1.82) is 0 Å². The zero-order valence-corrected chi connectivity index (χ0v) is 12.2. The van der Waals surface area contributed by atoms with Crippen molar-refractivity contribution in [2.24, 2.45) is 0 Å². The molecule has 0 aromatic heterocycles. The van der Waals surface area contributed by atoms with Gasteiger partial charge in [0.05, 0.1) is 12.1 Å². The first kappa shape index (κ1) is 15.2. The maximum Gasteiger partial charge on any atom is 0.0769 e. The number of hydrogen-bond donors (Lipinski definition) is 1. The van der Waals surface area contributed by atoms with Gasteiger partial charge in [-0.3, -0.25) is 0 Å². The van der Waals surface area contributed by atoms with E-state index in [0.29, 0.717) is 6.04 Å². The molecule has 18 heavy (non-hydrogen) atoms. The molecule has 0 aliphatic carbocycles. The number of likely N-dealkylation sites (N-methyl/N-ethyl adjacent to an activating group) is 1. The molecule has 0 heterocycles. The van der Waals surface area contributed by atoms with Crippen molar-refractivity contribution in [2.45, 2.75) is 52.7 Å². The maximum absolute atomic E-state index is 5.94. The summed E-state index contributed by atoms with van der Waals surface area (Å²) in [6.07, 6.45) is 2.51. The Balaban J connectivity index is 2.95. The lowest BCUT2D eigenvalue weighted by Gasteiger charge is -2.29. The Hall–Kier alpha value is -0.860. The second-order valence-corrected chi connectivity index (χ2v) is 4.67. The van der Waals surface area contributed by atoms with Gasteiger partial charge in [0, 0.05) is 6.61 Å². The minimum Gasteiger partial charge on any atom is -0.377 e. The zero-order chi connectivity index (χ0) is 13.4. The van der Waals surface area contributed by atoms with Crippen molar-refractivity contribution in [3.8, 4) is 0 Å². The van der Waals surface area contributed by atoms with Crippen LogP contribution in [0.25, 0.3) is 0 Å². The van der Waals surface area contributed by atoms with Gasteiger partial charge in [0.25, 0.3) is 0 Å². The van der Waals surface area contributed by atoms with E-state index in [1.54, 1.807) is 0 Å². The molecule has 1 aromatic rings. The quantitative estimate of drug-likeness (QED) is 0.755. The summed E-state index contributed by atoms with van der Waals surface area (Å²) in [7, 11) is 0. The van der Waals surface area contributed by atoms with Crippen LogP contribution in [0.2, 0.25) is 0 Å². The molecule has 2 atom stereocenters. The molecule has 0 amide bonds. The van der Waals surface area contributed by atoms with E-state index in [-0.39, 0.29) is 6.10 Å². The van der Waals surface area contributed by atoms with Gasteiger partial charge in [-0.05, 0) is 37.9 Å². The van der Waals surface area contributed by atoms with Gasteiger partial charge in [-0.25, -0.2) is 0 Å². The van der Waals surface area contributed by atoms with E-state index in [4.69, 9.17) is 4.74 Å². The van der Waals surface area contributed by atoms with Gasteiger partial charge in [0.15, 0.2) is 0 Å². The van der Waals surface area contributed by atoms with E-state index in [9.17, 15) is 0 Å². The predicted octanol–water partition coefficient (Wildman–Crippen LogP) is 3.85. The number of rotatable bonds is 8. The first-order valence-corrected chi connectivity index (χ1v) is 7.15. The molecule has 0 spiro atoms. The third kappa shape index (κ3) is 4.11. The molecular formula is C16H27NO. The van der Waals surface area contributed by atoms with Gasteiger partial charge in [-0.1, -0.05) is 44.5 Å². The summed E-state index contributed by atoms with van der Waals surface area (Å²) in [5.74, 6) is 0. The second-order valence-electron chi connectivity index (χ2n) is 4.67. The minimum atomic E-state index is 0.265. The van der Waals surface area contributed by atoms with E-state index < -0.39 is 0 Å². The topological polar surface area (TPSA) is 21.3 Å². The fraction of sp³-hybridized carbons (Fsp3) is 0.625. The first-order chi connectivity index (χ1) is 8.74. The van der Waals surface area contributed by atoms with E-state index in [0.717, 1.165) is 26.0 Å².